The van der Waals surface area contributed by atoms with Crippen LogP contribution in [0, 0.1) is 19.8 Å². The highest BCUT2D eigenvalue weighted by Gasteiger charge is 2.29. The van der Waals surface area contributed by atoms with Gasteiger partial charge in [0.15, 0.2) is 11.5 Å². The van der Waals surface area contributed by atoms with Crippen LogP contribution in [-0.2, 0) is 16.2 Å². The number of aryl methyl sites for hydroxylation is 2. The zero-order chi connectivity index (χ0) is 24.1. The molecule has 0 bridgehead atoms. The number of hydrogen-bond donors (Lipinski definition) is 2. The van der Waals surface area contributed by atoms with Crippen molar-refractivity contribution in [1.82, 2.24) is 5.16 Å². The van der Waals surface area contributed by atoms with Crippen molar-refractivity contribution in [1.29, 1.82) is 0 Å². The van der Waals surface area contributed by atoms with Gasteiger partial charge in [-0.3, -0.25) is 9.59 Å². The van der Waals surface area contributed by atoms with Crippen molar-refractivity contribution in [3.05, 3.63) is 71.1 Å². The van der Waals surface area contributed by atoms with E-state index in [1.807, 2.05) is 19.9 Å². The van der Waals surface area contributed by atoms with Crippen LogP contribution in [0.1, 0.15) is 35.4 Å². The Balaban J connectivity index is 1.36. The normalized spacial score (nSPS) is 13.0. The largest absolute Gasteiger partial charge is 0.493 e. The molecular formula is C26H27N3O5. The van der Waals surface area contributed by atoms with E-state index in [1.165, 1.54) is 6.08 Å². The van der Waals surface area contributed by atoms with Crippen LogP contribution in [0.2, 0.25) is 0 Å². The lowest BCUT2D eigenvalue weighted by atomic mass is 10.1. The van der Waals surface area contributed by atoms with Crippen molar-refractivity contribution >= 4 is 29.3 Å². The summed E-state index contributed by atoms with van der Waals surface area (Å²) in [5.74, 6) is 1.70. The molecule has 2 N–H and O–H groups in total. The molecule has 1 aliphatic rings. The van der Waals surface area contributed by atoms with Gasteiger partial charge in [0, 0.05) is 23.4 Å². The molecule has 34 heavy (non-hydrogen) atoms. The summed E-state index contributed by atoms with van der Waals surface area (Å²) in [7, 11) is 1.56. The third-order valence-corrected chi connectivity index (χ3v) is 5.51. The fraction of sp³-hybridized carbons (Fsp3) is 0.269. The fourth-order valence-corrected chi connectivity index (χ4v) is 3.39. The van der Waals surface area contributed by atoms with Gasteiger partial charge in [-0.15, -0.1) is 0 Å². The molecule has 0 aliphatic heterocycles. The number of carbonyl (C=O) groups excluding carboxylic acids is 2. The molecule has 1 aliphatic carbocycles. The van der Waals surface area contributed by atoms with E-state index in [9.17, 15) is 9.59 Å². The number of rotatable bonds is 9. The number of carbonyl (C=O) groups is 2. The van der Waals surface area contributed by atoms with E-state index in [-0.39, 0.29) is 17.7 Å². The number of nitrogens with one attached hydrogen (secondary N) is 2. The van der Waals surface area contributed by atoms with Crippen LogP contribution in [0.4, 0.5) is 11.4 Å². The average molecular weight is 462 g/mol. The molecule has 1 heterocycles. The van der Waals surface area contributed by atoms with Crippen molar-refractivity contribution < 1.29 is 23.6 Å². The zero-order valence-corrected chi connectivity index (χ0v) is 19.4. The molecule has 1 saturated carbocycles. The highest BCUT2D eigenvalue weighted by Crippen LogP contribution is 2.31. The van der Waals surface area contributed by atoms with Gasteiger partial charge in [0.1, 0.15) is 12.4 Å². The third-order valence-electron chi connectivity index (χ3n) is 5.51. The Morgan fingerprint density at radius 3 is 2.53 bits per heavy atom. The maximum Gasteiger partial charge on any atom is 0.248 e. The number of benzene rings is 2. The Morgan fingerprint density at radius 2 is 1.85 bits per heavy atom. The van der Waals surface area contributed by atoms with Crippen molar-refractivity contribution in [3.8, 4) is 11.5 Å². The topological polar surface area (TPSA) is 103 Å². The number of hydrogen-bond acceptors (Lipinski definition) is 6. The summed E-state index contributed by atoms with van der Waals surface area (Å²) in [4.78, 5) is 24.3. The van der Waals surface area contributed by atoms with Crippen LogP contribution in [0.5, 0.6) is 11.5 Å². The lowest BCUT2D eigenvalue weighted by molar-refractivity contribution is -0.117. The van der Waals surface area contributed by atoms with E-state index in [2.05, 4.69) is 15.8 Å². The van der Waals surface area contributed by atoms with Crippen molar-refractivity contribution in [2.45, 2.75) is 33.3 Å². The first-order valence-electron chi connectivity index (χ1n) is 11.1. The first kappa shape index (κ1) is 23.1. The Labute approximate surface area is 197 Å². The van der Waals surface area contributed by atoms with Crippen LogP contribution in [0.25, 0.3) is 6.08 Å². The van der Waals surface area contributed by atoms with Crippen LogP contribution in [0.3, 0.4) is 0 Å². The van der Waals surface area contributed by atoms with Gasteiger partial charge in [-0.1, -0.05) is 17.3 Å². The molecule has 176 valence electrons. The highest BCUT2D eigenvalue weighted by atomic mass is 16.5. The van der Waals surface area contributed by atoms with E-state index in [1.54, 1.807) is 49.6 Å². The maximum atomic E-state index is 12.4. The van der Waals surface area contributed by atoms with Gasteiger partial charge < -0.3 is 24.6 Å². The SMILES string of the molecule is COc1cc(/C=C/C(=O)Nc2cccc(NC(=O)C3CC3)c2)ccc1OCc1c(C)noc1C. The zero-order valence-electron chi connectivity index (χ0n) is 19.4. The molecule has 1 fully saturated rings. The molecular weight excluding hydrogens is 434 g/mol. The quantitative estimate of drug-likeness (QED) is 0.440. The van der Waals surface area contributed by atoms with E-state index in [4.69, 9.17) is 14.0 Å². The Morgan fingerprint density at radius 1 is 1.09 bits per heavy atom. The number of aromatic nitrogens is 1. The van der Waals surface area contributed by atoms with Crippen molar-refractivity contribution in [2.75, 3.05) is 17.7 Å². The van der Waals surface area contributed by atoms with Crippen LogP contribution in [-0.4, -0.2) is 24.1 Å². The third kappa shape index (κ3) is 5.83. The van der Waals surface area contributed by atoms with Gasteiger partial charge in [-0.2, -0.15) is 0 Å². The lowest BCUT2D eigenvalue weighted by Crippen LogP contribution is -2.14. The maximum absolute atomic E-state index is 12.4. The van der Waals surface area contributed by atoms with E-state index in [0.717, 1.165) is 35.4 Å². The predicted octanol–water partition coefficient (Wildman–Crippen LogP) is 4.88. The molecule has 8 nitrogen and oxygen atoms in total. The molecule has 0 unspecified atom stereocenters. The summed E-state index contributed by atoms with van der Waals surface area (Å²) in [6.07, 6.45) is 5.00. The molecule has 0 spiro atoms. The number of ether oxygens (including phenoxy) is 2. The summed E-state index contributed by atoms with van der Waals surface area (Å²) in [6, 6.07) is 12.5. The van der Waals surface area contributed by atoms with Gasteiger partial charge >= 0.3 is 0 Å². The smallest absolute Gasteiger partial charge is 0.248 e. The summed E-state index contributed by atoms with van der Waals surface area (Å²) >= 11 is 0. The molecule has 2 amide bonds. The summed E-state index contributed by atoms with van der Waals surface area (Å²) < 4.78 is 16.5. The first-order valence-corrected chi connectivity index (χ1v) is 11.1. The van der Waals surface area contributed by atoms with Crippen LogP contribution >= 0.6 is 0 Å². The highest BCUT2D eigenvalue weighted by molar-refractivity contribution is 6.02. The fourth-order valence-electron chi connectivity index (χ4n) is 3.39. The number of nitrogens with zero attached hydrogens (tertiary/aromatic N) is 1. The average Bonchev–Trinajstić information content (AvgIpc) is 3.63. The summed E-state index contributed by atoms with van der Waals surface area (Å²) in [5, 5.41) is 9.62. The van der Waals surface area contributed by atoms with Crippen molar-refractivity contribution in [3.63, 3.8) is 0 Å². The van der Waals surface area contributed by atoms with Gasteiger partial charge in [0.2, 0.25) is 11.8 Å². The van der Waals surface area contributed by atoms with E-state index >= 15 is 0 Å². The minimum absolute atomic E-state index is 0.0245. The van der Waals surface area contributed by atoms with Crippen LogP contribution < -0.4 is 20.1 Å². The van der Waals surface area contributed by atoms with E-state index in [0.29, 0.717) is 29.5 Å². The molecule has 4 rings (SSSR count). The second-order valence-corrected chi connectivity index (χ2v) is 8.17. The van der Waals surface area contributed by atoms with Gasteiger partial charge in [0.05, 0.1) is 18.4 Å². The molecule has 2 aromatic carbocycles. The number of amides is 2. The molecule has 1 aromatic heterocycles. The van der Waals surface area contributed by atoms with Crippen LogP contribution in [0.15, 0.2) is 53.1 Å². The Bertz CT molecular complexity index is 1210. The second-order valence-electron chi connectivity index (χ2n) is 8.17. The number of methoxy groups -OCH3 is 1. The van der Waals surface area contributed by atoms with Gasteiger partial charge in [-0.05, 0) is 68.7 Å². The molecule has 0 radical (unpaired) electrons. The monoisotopic (exact) mass is 461 g/mol. The molecule has 0 saturated heterocycles. The summed E-state index contributed by atoms with van der Waals surface area (Å²) in [6.45, 7) is 4.02. The molecule has 0 atom stereocenters. The minimum Gasteiger partial charge on any atom is -0.493 e. The van der Waals surface area contributed by atoms with Crippen molar-refractivity contribution in [2.24, 2.45) is 5.92 Å². The molecule has 3 aromatic rings. The standard InChI is InChI=1S/C26H27N3O5/c1-16-22(17(2)34-29-16)15-33-23-11-7-18(13-24(23)32-3)8-12-25(30)27-20-5-4-6-21(14-20)28-26(31)19-9-10-19/h4-8,11-14,19H,9-10,15H2,1-3H3,(H,27,30)(H,28,31)/b12-8+. The lowest BCUT2D eigenvalue weighted by Gasteiger charge is -2.11. The first-order chi connectivity index (χ1) is 16.4. The minimum atomic E-state index is -0.289. The van der Waals surface area contributed by atoms with Gasteiger partial charge in [-0.25, -0.2) is 0 Å². The number of anilines is 2. The van der Waals surface area contributed by atoms with Gasteiger partial charge in [0.25, 0.3) is 0 Å². The second kappa shape index (κ2) is 10.2. The summed E-state index contributed by atoms with van der Waals surface area (Å²) in [5.41, 5.74) is 3.73. The van der Waals surface area contributed by atoms with E-state index < -0.39 is 0 Å². The Kier molecular flexibility index (Phi) is 6.96. The predicted molar refractivity (Wildman–Crippen MR) is 129 cm³/mol. The Hall–Kier alpha value is -4.07. The molecule has 8 heteroatoms.